The van der Waals surface area contributed by atoms with Gasteiger partial charge in [0, 0.05) is 6.54 Å². The lowest BCUT2D eigenvalue weighted by Gasteiger charge is -2.20. The predicted molar refractivity (Wildman–Crippen MR) is 79.6 cm³/mol. The van der Waals surface area contributed by atoms with E-state index in [0.29, 0.717) is 19.4 Å². The van der Waals surface area contributed by atoms with E-state index in [0.717, 1.165) is 4.68 Å². The summed E-state index contributed by atoms with van der Waals surface area (Å²) < 4.78 is 15.1. The van der Waals surface area contributed by atoms with Crippen LogP contribution < -0.4 is 5.73 Å². The Bertz CT molecular complexity index is 778. The number of hydrogen-bond donors (Lipinski definition) is 1. The third-order valence-electron chi connectivity index (χ3n) is 3.73. The van der Waals surface area contributed by atoms with Crippen LogP contribution in [0, 0.1) is 5.82 Å². The molecule has 1 fully saturated rings. The molecular formula is C14H13ClFN5O2. The zero-order chi connectivity index (χ0) is 16.6. The van der Waals surface area contributed by atoms with Gasteiger partial charge < -0.3 is 10.6 Å². The van der Waals surface area contributed by atoms with E-state index >= 15 is 0 Å². The van der Waals surface area contributed by atoms with Gasteiger partial charge in [-0.2, -0.15) is 0 Å². The zero-order valence-electron chi connectivity index (χ0n) is 11.9. The Morgan fingerprint density at radius 1 is 1.39 bits per heavy atom. The first-order valence-electron chi connectivity index (χ1n) is 6.96. The van der Waals surface area contributed by atoms with Crippen molar-refractivity contribution in [3.63, 3.8) is 0 Å². The Labute approximate surface area is 135 Å². The summed E-state index contributed by atoms with van der Waals surface area (Å²) >= 11 is 5.73. The van der Waals surface area contributed by atoms with E-state index in [4.69, 9.17) is 17.3 Å². The van der Waals surface area contributed by atoms with Crippen LogP contribution in [0.15, 0.2) is 24.4 Å². The maximum absolute atomic E-state index is 14.0. The number of carbonyl (C=O) groups excluding carboxylic acids is 2. The molecule has 9 heteroatoms. The number of primary amides is 1. The van der Waals surface area contributed by atoms with Crippen LogP contribution in [0.5, 0.6) is 0 Å². The van der Waals surface area contributed by atoms with Crippen LogP contribution in [-0.2, 0) is 4.79 Å². The van der Waals surface area contributed by atoms with Crippen LogP contribution in [0.1, 0.15) is 23.3 Å². The Hall–Kier alpha value is -2.48. The van der Waals surface area contributed by atoms with Crippen molar-refractivity contribution in [1.29, 1.82) is 0 Å². The van der Waals surface area contributed by atoms with Gasteiger partial charge in [0.05, 0.1) is 11.2 Å². The number of likely N-dealkylation sites (tertiary alicyclic amines) is 1. The van der Waals surface area contributed by atoms with Crippen LogP contribution in [-0.4, -0.2) is 44.3 Å². The van der Waals surface area contributed by atoms with Crippen molar-refractivity contribution in [3.8, 4) is 5.69 Å². The van der Waals surface area contributed by atoms with Gasteiger partial charge in [-0.05, 0) is 25.0 Å². The van der Waals surface area contributed by atoms with Gasteiger partial charge in [-0.25, -0.2) is 9.07 Å². The van der Waals surface area contributed by atoms with Crippen molar-refractivity contribution in [3.05, 3.63) is 40.9 Å². The number of halogens is 2. The predicted octanol–water partition coefficient (Wildman–Crippen LogP) is 1.15. The van der Waals surface area contributed by atoms with E-state index in [1.165, 1.54) is 23.2 Å². The minimum absolute atomic E-state index is 0.0116. The first-order chi connectivity index (χ1) is 11.0. The Morgan fingerprint density at radius 3 is 2.91 bits per heavy atom. The maximum Gasteiger partial charge on any atom is 0.276 e. The van der Waals surface area contributed by atoms with Gasteiger partial charge in [-0.3, -0.25) is 9.59 Å². The SMILES string of the molecule is NC(=O)[C@@H]1CCCN1C(=O)c1cn(-c2cccc(Cl)c2F)nn1. The van der Waals surface area contributed by atoms with Crippen molar-refractivity contribution < 1.29 is 14.0 Å². The van der Waals surface area contributed by atoms with E-state index in [1.807, 2.05) is 0 Å². The number of rotatable bonds is 3. The van der Waals surface area contributed by atoms with E-state index < -0.39 is 23.7 Å². The molecule has 1 aliphatic heterocycles. The summed E-state index contributed by atoms with van der Waals surface area (Å²) in [5, 5.41) is 7.46. The molecule has 3 rings (SSSR count). The van der Waals surface area contributed by atoms with Crippen LogP contribution >= 0.6 is 11.6 Å². The van der Waals surface area contributed by atoms with Crippen LogP contribution in [0.3, 0.4) is 0 Å². The second kappa shape index (κ2) is 5.96. The van der Waals surface area contributed by atoms with Gasteiger partial charge in [0.1, 0.15) is 11.7 Å². The first-order valence-corrected chi connectivity index (χ1v) is 7.34. The number of nitrogens with zero attached hydrogens (tertiary/aromatic N) is 4. The normalized spacial score (nSPS) is 17.5. The fraction of sp³-hybridized carbons (Fsp3) is 0.286. The van der Waals surface area contributed by atoms with Crippen LogP contribution in [0.4, 0.5) is 4.39 Å². The number of amides is 2. The second-order valence-corrected chi connectivity index (χ2v) is 5.59. The minimum Gasteiger partial charge on any atom is -0.368 e. The Balaban J connectivity index is 1.88. The number of aromatic nitrogens is 3. The molecule has 1 aliphatic rings. The summed E-state index contributed by atoms with van der Waals surface area (Å²) in [6.07, 6.45) is 2.52. The smallest absolute Gasteiger partial charge is 0.276 e. The molecule has 2 N–H and O–H groups in total. The largest absolute Gasteiger partial charge is 0.368 e. The van der Waals surface area contributed by atoms with E-state index in [1.54, 1.807) is 6.07 Å². The van der Waals surface area contributed by atoms with Crippen molar-refractivity contribution in [2.45, 2.75) is 18.9 Å². The Morgan fingerprint density at radius 2 is 2.17 bits per heavy atom. The molecule has 0 spiro atoms. The van der Waals surface area contributed by atoms with Gasteiger partial charge >= 0.3 is 0 Å². The summed E-state index contributed by atoms with van der Waals surface area (Å²) in [6.45, 7) is 0.421. The third kappa shape index (κ3) is 2.77. The van der Waals surface area contributed by atoms with Gasteiger partial charge in [-0.15, -0.1) is 5.10 Å². The third-order valence-corrected chi connectivity index (χ3v) is 4.02. The van der Waals surface area contributed by atoms with Gasteiger partial charge in [0.15, 0.2) is 11.5 Å². The number of hydrogen-bond acceptors (Lipinski definition) is 4. The minimum atomic E-state index is -0.658. The summed E-state index contributed by atoms with van der Waals surface area (Å²) in [7, 11) is 0. The molecule has 23 heavy (non-hydrogen) atoms. The molecule has 2 amide bonds. The molecule has 0 bridgehead atoms. The quantitative estimate of drug-likeness (QED) is 0.909. The van der Waals surface area contributed by atoms with E-state index in [9.17, 15) is 14.0 Å². The lowest BCUT2D eigenvalue weighted by Crippen LogP contribution is -2.43. The average Bonchev–Trinajstić information content (AvgIpc) is 3.18. The molecule has 1 atom stereocenters. The van der Waals surface area contributed by atoms with E-state index in [-0.39, 0.29) is 16.4 Å². The molecular weight excluding hydrogens is 325 g/mol. The molecule has 120 valence electrons. The first kappa shape index (κ1) is 15.4. The topological polar surface area (TPSA) is 94.1 Å². The molecule has 0 saturated carbocycles. The standard InChI is InChI=1S/C14H13ClFN5O2/c15-8-3-1-4-10(12(8)16)21-7-9(18-19-21)14(23)20-6-2-5-11(20)13(17)22/h1,3-4,7,11H,2,5-6H2,(H2,17,22)/t11-/m0/s1. The molecule has 1 aromatic carbocycles. The highest BCUT2D eigenvalue weighted by atomic mass is 35.5. The van der Waals surface area contributed by atoms with Gasteiger partial charge in [0.25, 0.3) is 5.91 Å². The molecule has 0 unspecified atom stereocenters. The van der Waals surface area contributed by atoms with E-state index in [2.05, 4.69) is 10.3 Å². The van der Waals surface area contributed by atoms with Crippen molar-refractivity contribution in [2.75, 3.05) is 6.54 Å². The summed E-state index contributed by atoms with van der Waals surface area (Å²) in [5.74, 6) is -1.67. The van der Waals surface area contributed by atoms with Crippen molar-refractivity contribution >= 4 is 23.4 Å². The number of nitrogens with two attached hydrogens (primary N) is 1. The molecule has 1 aromatic heterocycles. The second-order valence-electron chi connectivity index (χ2n) is 5.18. The van der Waals surface area contributed by atoms with Crippen LogP contribution in [0.25, 0.3) is 5.69 Å². The number of carbonyl (C=O) groups is 2. The molecule has 0 radical (unpaired) electrons. The van der Waals surface area contributed by atoms with Crippen molar-refractivity contribution in [1.82, 2.24) is 19.9 Å². The van der Waals surface area contributed by atoms with Crippen LogP contribution in [0.2, 0.25) is 5.02 Å². The fourth-order valence-electron chi connectivity index (χ4n) is 2.60. The van der Waals surface area contributed by atoms with Gasteiger partial charge in [0.2, 0.25) is 5.91 Å². The highest BCUT2D eigenvalue weighted by molar-refractivity contribution is 6.30. The summed E-state index contributed by atoms with van der Waals surface area (Å²) in [6, 6.07) is 3.79. The Kier molecular flexibility index (Phi) is 3.99. The maximum atomic E-state index is 14.0. The molecule has 2 heterocycles. The number of benzene rings is 1. The molecule has 0 aliphatic carbocycles. The lowest BCUT2D eigenvalue weighted by molar-refractivity contribution is -0.121. The molecule has 2 aromatic rings. The van der Waals surface area contributed by atoms with Crippen molar-refractivity contribution in [2.24, 2.45) is 5.73 Å². The zero-order valence-corrected chi connectivity index (χ0v) is 12.7. The summed E-state index contributed by atoms with van der Waals surface area (Å²) in [5.41, 5.74) is 5.39. The average molecular weight is 338 g/mol. The fourth-order valence-corrected chi connectivity index (χ4v) is 2.77. The molecule has 7 nitrogen and oxygen atoms in total. The molecule has 1 saturated heterocycles. The monoisotopic (exact) mass is 337 g/mol. The highest BCUT2D eigenvalue weighted by Gasteiger charge is 2.34. The lowest BCUT2D eigenvalue weighted by atomic mass is 10.2. The summed E-state index contributed by atoms with van der Waals surface area (Å²) in [4.78, 5) is 25.2. The highest BCUT2D eigenvalue weighted by Crippen LogP contribution is 2.22. The van der Waals surface area contributed by atoms with Gasteiger partial charge in [-0.1, -0.05) is 22.9 Å².